The van der Waals surface area contributed by atoms with E-state index in [1.165, 1.54) is 74.5 Å². The van der Waals surface area contributed by atoms with Crippen molar-refractivity contribution < 1.29 is 35.2 Å². The van der Waals surface area contributed by atoms with E-state index in [2.05, 4.69) is 20.7 Å². The zero-order valence-electron chi connectivity index (χ0n) is 21.8. The average molecular weight is 669 g/mol. The number of nitrogens with one attached hydrogen (secondary N) is 1. The summed E-state index contributed by atoms with van der Waals surface area (Å²) >= 11 is 3.26. The Hall–Kier alpha value is -2.44. The molecule has 1 aliphatic carbocycles. The maximum absolute atomic E-state index is 14.6. The molecule has 0 radical (unpaired) electrons. The Morgan fingerprint density at radius 1 is 0.850 bits per heavy atom. The lowest BCUT2D eigenvalue weighted by Gasteiger charge is -2.40. The van der Waals surface area contributed by atoms with Crippen LogP contribution < -0.4 is 4.72 Å². The number of carbonyl (C=O) groups is 1. The van der Waals surface area contributed by atoms with Gasteiger partial charge in [-0.15, -0.1) is 0 Å². The largest absolute Gasteiger partial charge is 0.360 e. The van der Waals surface area contributed by atoms with Gasteiger partial charge in [-0.1, -0.05) is 57.9 Å². The standard InChI is InChI=1S/C27H27BrNO8PS2/c1-4-36-38(31,37-5-2)27(29-40(34,35)22-16-12-20(28)13-17-22)18-25(26(30)23-8-6-7-9-24(23)27)39(32,33)21-14-10-19(3)11-15-21/h6-18,29H,4-5H2,1-3H3. The minimum Gasteiger partial charge on any atom is -0.307 e. The molecule has 0 fully saturated rings. The monoisotopic (exact) mass is 667 g/mol. The van der Waals surface area contributed by atoms with Gasteiger partial charge in [0.1, 0.15) is 4.91 Å². The van der Waals surface area contributed by atoms with E-state index < -0.39 is 43.4 Å². The summed E-state index contributed by atoms with van der Waals surface area (Å²) in [7, 11) is -13.6. The smallest absolute Gasteiger partial charge is 0.307 e. The van der Waals surface area contributed by atoms with Gasteiger partial charge in [0.15, 0.2) is 5.28 Å². The quantitative estimate of drug-likeness (QED) is 0.272. The molecule has 3 aromatic rings. The zero-order chi connectivity index (χ0) is 29.3. The lowest BCUT2D eigenvalue weighted by atomic mass is 9.92. The van der Waals surface area contributed by atoms with Gasteiger partial charge in [0.25, 0.3) is 0 Å². The highest BCUT2D eigenvalue weighted by molar-refractivity contribution is 9.10. The minimum absolute atomic E-state index is 0.0613. The summed E-state index contributed by atoms with van der Waals surface area (Å²) in [5, 5.41) is -2.41. The summed E-state index contributed by atoms with van der Waals surface area (Å²) < 4.78 is 84.4. The molecule has 4 rings (SSSR count). The summed E-state index contributed by atoms with van der Waals surface area (Å²) in [5.74, 6) is -0.880. The second-order valence-electron chi connectivity index (χ2n) is 8.86. The van der Waals surface area contributed by atoms with Gasteiger partial charge in [0.2, 0.25) is 25.6 Å². The third-order valence-electron chi connectivity index (χ3n) is 6.21. The lowest BCUT2D eigenvalue weighted by molar-refractivity contribution is 0.103. The molecular formula is C27H27BrNO8PS2. The number of hydrogen-bond acceptors (Lipinski definition) is 8. The van der Waals surface area contributed by atoms with Crippen LogP contribution >= 0.6 is 23.5 Å². The number of Topliss-reactive ketones (excluding diaryl/α,β-unsaturated/α-hetero) is 1. The fraction of sp³-hybridized carbons (Fsp3) is 0.222. The molecule has 0 saturated heterocycles. The molecule has 1 aliphatic rings. The van der Waals surface area contributed by atoms with Gasteiger partial charge in [0.05, 0.1) is 23.0 Å². The van der Waals surface area contributed by atoms with Crippen molar-refractivity contribution in [1.29, 1.82) is 0 Å². The highest BCUT2D eigenvalue weighted by Crippen LogP contribution is 2.66. The number of hydrogen-bond donors (Lipinski definition) is 1. The Morgan fingerprint density at radius 2 is 1.40 bits per heavy atom. The Kier molecular flexibility index (Phi) is 8.73. The number of allylic oxidation sites excluding steroid dienone is 1. The van der Waals surface area contributed by atoms with E-state index in [1.807, 2.05) is 0 Å². The normalized spacial score (nSPS) is 17.8. The Bertz CT molecular complexity index is 1730. The SMILES string of the molecule is CCOP(=O)(OCC)C1(NS(=O)(=O)c2ccc(Br)cc2)C=C(S(=O)(=O)c2ccc(C)cc2)C(=O)c2ccccc21. The molecule has 0 heterocycles. The molecule has 9 nitrogen and oxygen atoms in total. The van der Waals surface area contributed by atoms with Crippen molar-refractivity contribution in [3.63, 3.8) is 0 Å². The van der Waals surface area contributed by atoms with Crippen molar-refractivity contribution in [3.05, 3.63) is 105 Å². The fourth-order valence-electron chi connectivity index (χ4n) is 4.35. The van der Waals surface area contributed by atoms with Gasteiger partial charge < -0.3 is 9.05 Å². The van der Waals surface area contributed by atoms with Gasteiger partial charge in [-0.2, -0.15) is 4.72 Å². The first-order valence-electron chi connectivity index (χ1n) is 12.2. The number of benzene rings is 3. The molecule has 1 unspecified atom stereocenters. The van der Waals surface area contributed by atoms with Crippen LogP contribution in [0, 0.1) is 6.92 Å². The molecule has 40 heavy (non-hydrogen) atoms. The van der Waals surface area contributed by atoms with Crippen LogP contribution in [-0.2, 0) is 38.8 Å². The van der Waals surface area contributed by atoms with Crippen molar-refractivity contribution >= 4 is 49.2 Å². The fourth-order valence-corrected chi connectivity index (χ4v) is 10.1. The molecule has 13 heteroatoms. The molecule has 0 amide bonds. The van der Waals surface area contributed by atoms with Crippen LogP contribution in [0.1, 0.15) is 35.3 Å². The van der Waals surface area contributed by atoms with E-state index >= 15 is 0 Å². The van der Waals surface area contributed by atoms with Crippen LogP contribution in [0.5, 0.6) is 0 Å². The number of ketones is 1. The van der Waals surface area contributed by atoms with E-state index in [0.717, 1.165) is 11.6 Å². The maximum Gasteiger partial charge on any atom is 0.360 e. The minimum atomic E-state index is -4.61. The first-order chi connectivity index (χ1) is 18.8. The predicted octanol–water partition coefficient (Wildman–Crippen LogP) is 5.71. The van der Waals surface area contributed by atoms with Crippen LogP contribution in [0.3, 0.4) is 0 Å². The molecule has 3 aromatic carbocycles. The van der Waals surface area contributed by atoms with Gasteiger partial charge >= 0.3 is 7.60 Å². The van der Waals surface area contributed by atoms with Crippen molar-refractivity contribution in [1.82, 2.24) is 4.72 Å². The van der Waals surface area contributed by atoms with Gasteiger partial charge in [-0.05, 0) is 63.2 Å². The summed E-state index contributed by atoms with van der Waals surface area (Å²) in [5.41, 5.74) is 0.574. The molecule has 1 atom stereocenters. The number of sulfonamides is 1. The Labute approximate surface area is 242 Å². The van der Waals surface area contributed by atoms with Crippen molar-refractivity contribution in [3.8, 4) is 0 Å². The van der Waals surface area contributed by atoms with E-state index in [4.69, 9.17) is 9.05 Å². The average Bonchev–Trinajstić information content (AvgIpc) is 2.91. The Balaban J connectivity index is 2.10. The van der Waals surface area contributed by atoms with E-state index in [-0.39, 0.29) is 34.1 Å². The van der Waals surface area contributed by atoms with Crippen molar-refractivity contribution in [2.75, 3.05) is 13.2 Å². The molecule has 212 valence electrons. The number of sulfone groups is 1. The maximum atomic E-state index is 14.6. The molecule has 0 aromatic heterocycles. The van der Waals surface area contributed by atoms with Gasteiger partial charge in [0, 0.05) is 15.6 Å². The molecule has 0 aliphatic heterocycles. The summed E-state index contributed by atoms with van der Waals surface area (Å²) in [6, 6.07) is 17.2. The highest BCUT2D eigenvalue weighted by atomic mass is 79.9. The topological polar surface area (TPSA) is 133 Å². The zero-order valence-corrected chi connectivity index (χ0v) is 25.9. The first-order valence-corrected chi connectivity index (χ1v) is 17.5. The first kappa shape index (κ1) is 30.5. The second-order valence-corrected chi connectivity index (χ2v) is 15.6. The van der Waals surface area contributed by atoms with E-state index in [9.17, 15) is 26.2 Å². The van der Waals surface area contributed by atoms with E-state index in [0.29, 0.717) is 4.47 Å². The highest BCUT2D eigenvalue weighted by Gasteiger charge is 2.58. The van der Waals surface area contributed by atoms with Crippen LogP contribution in [0.4, 0.5) is 0 Å². The number of carbonyl (C=O) groups excluding carboxylic acids is 1. The van der Waals surface area contributed by atoms with Gasteiger partial charge in [-0.3, -0.25) is 9.36 Å². The van der Waals surface area contributed by atoms with E-state index in [1.54, 1.807) is 19.1 Å². The van der Waals surface area contributed by atoms with Crippen LogP contribution in [0.15, 0.2) is 98.0 Å². The predicted molar refractivity (Wildman–Crippen MR) is 154 cm³/mol. The summed E-state index contributed by atoms with van der Waals surface area (Å²) in [6.45, 7) is 4.53. The van der Waals surface area contributed by atoms with Crippen LogP contribution in [-0.4, -0.2) is 35.8 Å². The number of halogens is 1. The summed E-state index contributed by atoms with van der Waals surface area (Å²) in [4.78, 5) is 12.6. The van der Waals surface area contributed by atoms with Crippen LogP contribution in [0.25, 0.3) is 0 Å². The van der Waals surface area contributed by atoms with Gasteiger partial charge in [-0.25, -0.2) is 16.8 Å². The number of aryl methyl sites for hydroxylation is 1. The van der Waals surface area contributed by atoms with Crippen LogP contribution in [0.2, 0.25) is 0 Å². The molecule has 1 N–H and O–H groups in total. The Morgan fingerprint density at radius 3 is 1.98 bits per heavy atom. The lowest BCUT2D eigenvalue weighted by Crippen LogP contribution is -2.48. The number of fused-ring (bicyclic) bond motifs is 1. The molecule has 0 spiro atoms. The van der Waals surface area contributed by atoms with Crippen molar-refractivity contribution in [2.45, 2.75) is 35.8 Å². The molecule has 0 saturated carbocycles. The second kappa shape index (κ2) is 11.4. The van der Waals surface area contributed by atoms with Crippen molar-refractivity contribution in [2.24, 2.45) is 0 Å². The molecular weight excluding hydrogens is 641 g/mol. The third-order valence-corrected chi connectivity index (χ3v) is 12.7. The summed E-state index contributed by atoms with van der Waals surface area (Å²) in [6.07, 6.45) is 0.870. The third kappa shape index (κ3) is 5.42. The molecule has 0 bridgehead atoms. The number of rotatable bonds is 10.